The van der Waals surface area contributed by atoms with Crippen LogP contribution in [-0.2, 0) is 0 Å². The normalized spacial score (nSPS) is 15.4. The molecule has 0 saturated heterocycles. The maximum absolute atomic E-state index is 2.78. The molecule has 344 valence electrons. The second-order valence-electron chi connectivity index (χ2n) is 23.2. The zero-order valence-corrected chi connectivity index (χ0v) is 48.1. The van der Waals surface area contributed by atoms with Crippen LogP contribution in [0, 0.1) is 23.7 Å². The summed E-state index contributed by atoms with van der Waals surface area (Å²) in [5.74, 6) is 5.97. The zero-order chi connectivity index (χ0) is 47.7. The van der Waals surface area contributed by atoms with Gasteiger partial charge >= 0.3 is 0 Å². The van der Waals surface area contributed by atoms with Crippen LogP contribution in [0.15, 0.2) is 59.7 Å². The van der Waals surface area contributed by atoms with Crippen LogP contribution in [0.1, 0.15) is 270 Å². The lowest BCUT2D eigenvalue weighted by atomic mass is 9.78. The first-order chi connectivity index (χ1) is 29.2. The van der Waals surface area contributed by atoms with Gasteiger partial charge in [0.15, 0.2) is 8.61 Å². The Labute approximate surface area is 395 Å². The van der Waals surface area contributed by atoms with Gasteiger partial charge in [-0.05, 0) is 143 Å². The van der Waals surface area contributed by atoms with Crippen LogP contribution in [0.2, 0.25) is 0 Å². The van der Waals surface area contributed by atoms with Crippen LogP contribution >= 0.6 is 0 Å². The van der Waals surface area contributed by atoms with Crippen molar-refractivity contribution in [3.8, 4) is 0 Å². The zero-order valence-electron chi connectivity index (χ0n) is 45.1. The van der Waals surface area contributed by atoms with Gasteiger partial charge in [0.05, 0.1) is 5.19 Å². The van der Waals surface area contributed by atoms with Gasteiger partial charge in [-0.25, -0.2) is 0 Å². The quantitative estimate of drug-likeness (QED) is 0.126. The summed E-state index contributed by atoms with van der Waals surface area (Å²) in [5.41, 5.74) is 17.6. The van der Waals surface area contributed by atoms with Gasteiger partial charge in [0.25, 0.3) is 7.41 Å². The van der Waals surface area contributed by atoms with E-state index >= 15 is 0 Å². The monoisotopic (exact) mass is 898 g/mol. The van der Waals surface area contributed by atoms with Crippen molar-refractivity contribution < 1.29 is 0 Å². The number of hydrogen-bond acceptors (Lipinski definition) is 0. The van der Waals surface area contributed by atoms with Crippen molar-refractivity contribution in [2.75, 3.05) is 0 Å². The molecule has 4 rings (SSSR count). The lowest BCUT2D eigenvalue weighted by Gasteiger charge is -2.32. The van der Waals surface area contributed by atoms with E-state index in [2.05, 4.69) is 215 Å². The van der Waals surface area contributed by atoms with E-state index in [-0.39, 0.29) is 0 Å². The SMILES string of the molecule is CC(C)C1=CC(C(C)C)C=C(C(C)C)C1=[Si](c1c(C(C)C)cc(C(C)C)cc1C(C)C)[Si](=[Si+]c1c(C(C)C)cc(C(C)C)cc1C(C)C)c1c(C(C)C)cc(C(C)C)cc1C(C)C. The predicted octanol–water partition coefficient (Wildman–Crippen LogP) is 15.7. The molecular formula is C60H93Si3+. The number of hydrogen-bond donors (Lipinski definition) is 0. The Kier molecular flexibility index (Phi) is 18.6. The Balaban J connectivity index is 2.67. The van der Waals surface area contributed by atoms with Crippen LogP contribution in [0.4, 0.5) is 0 Å². The third-order valence-electron chi connectivity index (χ3n) is 14.0. The van der Waals surface area contributed by atoms with Gasteiger partial charge in [0.1, 0.15) is 0 Å². The van der Waals surface area contributed by atoms with Crippen LogP contribution in [0.25, 0.3) is 0 Å². The van der Waals surface area contributed by atoms with E-state index < -0.39 is 15.3 Å². The van der Waals surface area contributed by atoms with E-state index in [9.17, 15) is 0 Å². The Morgan fingerprint density at radius 1 is 0.349 bits per heavy atom. The molecule has 0 spiro atoms. The van der Waals surface area contributed by atoms with Gasteiger partial charge in [-0.1, -0.05) is 215 Å². The first kappa shape index (κ1) is 53.3. The minimum Gasteiger partial charge on any atom is -0.0723 e. The van der Waals surface area contributed by atoms with Gasteiger partial charge < -0.3 is 0 Å². The summed E-state index contributed by atoms with van der Waals surface area (Å²) >= 11 is 0. The van der Waals surface area contributed by atoms with Crippen molar-refractivity contribution in [3.05, 3.63) is 110 Å². The maximum atomic E-state index is 2.78. The van der Waals surface area contributed by atoms with E-state index in [1.165, 1.54) is 16.7 Å². The fourth-order valence-electron chi connectivity index (χ4n) is 9.77. The van der Waals surface area contributed by atoms with Crippen LogP contribution in [-0.4, -0.2) is 29.1 Å². The second-order valence-corrected chi connectivity index (χ2v) is 33.7. The molecule has 0 nitrogen and oxygen atoms in total. The van der Waals surface area contributed by atoms with Crippen molar-refractivity contribution in [2.45, 2.75) is 219 Å². The van der Waals surface area contributed by atoms with Gasteiger partial charge in [0.2, 0.25) is 7.93 Å². The van der Waals surface area contributed by atoms with Crippen LogP contribution in [0.5, 0.6) is 0 Å². The molecule has 0 amide bonds. The average molecular weight is 899 g/mol. The minimum atomic E-state index is -1.49. The Morgan fingerprint density at radius 2 is 0.635 bits per heavy atom. The molecule has 3 aromatic rings. The highest BCUT2D eigenvalue weighted by molar-refractivity contribution is 7.42. The summed E-state index contributed by atoms with van der Waals surface area (Å²) in [7, 11) is -2.15. The third kappa shape index (κ3) is 11.8. The van der Waals surface area contributed by atoms with Crippen molar-refractivity contribution in [1.82, 2.24) is 0 Å². The second kappa shape index (κ2) is 22.0. The van der Waals surface area contributed by atoms with Crippen molar-refractivity contribution in [2.24, 2.45) is 23.7 Å². The van der Waals surface area contributed by atoms with Crippen LogP contribution < -0.4 is 15.6 Å². The molecule has 3 aromatic carbocycles. The summed E-state index contributed by atoms with van der Waals surface area (Å²) in [5, 5.41) is 7.06. The molecule has 63 heavy (non-hydrogen) atoms. The van der Waals surface area contributed by atoms with E-state index in [1.807, 2.05) is 0 Å². The predicted molar refractivity (Wildman–Crippen MR) is 291 cm³/mol. The molecular weight excluding hydrogens is 805 g/mol. The first-order valence-corrected chi connectivity index (χ1v) is 31.6. The largest absolute Gasteiger partial charge is 0.282 e. The number of rotatable bonds is 16. The number of benzene rings is 3. The van der Waals surface area contributed by atoms with Crippen molar-refractivity contribution >= 4 is 44.7 Å². The topological polar surface area (TPSA) is 0 Å². The van der Waals surface area contributed by atoms with E-state index in [1.54, 1.807) is 65.3 Å². The number of allylic oxidation sites excluding steroid dienone is 4. The molecule has 0 aliphatic heterocycles. The molecule has 0 unspecified atom stereocenters. The molecule has 0 fully saturated rings. The van der Waals surface area contributed by atoms with Crippen molar-refractivity contribution in [3.63, 3.8) is 0 Å². The summed E-state index contributed by atoms with van der Waals surface area (Å²) in [6, 6.07) is 16.1. The summed E-state index contributed by atoms with van der Waals surface area (Å²) < 4.78 is 0. The fourth-order valence-corrected chi connectivity index (χ4v) is 28.8. The molecule has 3 heteroatoms. The van der Waals surface area contributed by atoms with E-state index in [0.717, 1.165) is 8.61 Å². The summed E-state index contributed by atoms with van der Waals surface area (Å²) in [4.78, 5) is 0. The smallest absolute Gasteiger partial charge is 0.0723 e. The molecule has 1 aliphatic carbocycles. The summed E-state index contributed by atoms with van der Waals surface area (Å²) in [6.45, 7) is 59.4. The first-order valence-electron chi connectivity index (χ1n) is 25.6. The Hall–Kier alpha value is -2.34. The highest BCUT2D eigenvalue weighted by Gasteiger charge is 2.43. The fraction of sp³-hybridized carbons (Fsp3) is 0.617. The highest BCUT2D eigenvalue weighted by atomic mass is 29.4. The summed E-state index contributed by atoms with van der Waals surface area (Å²) in [6.07, 6.45) is 5.56. The van der Waals surface area contributed by atoms with Gasteiger partial charge in [-0.15, -0.1) is 0 Å². The standard InChI is InChI=1S/C60H93Si3/c1-33(2)45-25-49(37(9)10)57(50(26-45)38(11)12)61-63(60-55(43(21)22)31-48(36(7)8)32-56(60)44(23)24)62(58-51(39(13)14)27-46(34(3)4)28-52(58)40(15)16)59-53(41(17)18)29-47(35(5)6)30-54(59)42(19)20/h25-44,46H,1-24H3/q+1. The third-order valence-corrected chi connectivity index (χ3v) is 28.2. The molecule has 0 aromatic heterocycles. The van der Waals surface area contributed by atoms with Crippen LogP contribution in [0.3, 0.4) is 0 Å². The Bertz CT molecular complexity index is 2090. The van der Waals surface area contributed by atoms with Gasteiger partial charge in [0, 0.05) is 10.4 Å². The maximum Gasteiger partial charge on any atom is 0.282 e. The molecule has 0 heterocycles. The molecule has 1 aliphatic rings. The van der Waals surface area contributed by atoms with E-state index in [4.69, 9.17) is 0 Å². The van der Waals surface area contributed by atoms with Gasteiger partial charge in [-0.2, -0.15) is 0 Å². The highest BCUT2D eigenvalue weighted by Crippen LogP contribution is 2.35. The lowest BCUT2D eigenvalue weighted by molar-refractivity contribution is 0.536. The van der Waals surface area contributed by atoms with Gasteiger partial charge in [-0.3, -0.25) is 0 Å². The van der Waals surface area contributed by atoms with E-state index in [0.29, 0.717) is 76.9 Å². The molecule has 0 N–H and O–H groups in total. The molecule has 0 bridgehead atoms. The lowest BCUT2D eigenvalue weighted by Crippen LogP contribution is -2.55. The molecule has 0 atom stereocenters. The molecule has 0 saturated carbocycles. The van der Waals surface area contributed by atoms with Crippen molar-refractivity contribution in [1.29, 1.82) is 0 Å². The minimum absolute atomic E-state index is 0.425. The average Bonchev–Trinajstić information content (AvgIpc) is 3.18. The molecule has 0 radical (unpaired) electrons. The Morgan fingerprint density at radius 3 is 0.889 bits per heavy atom.